The van der Waals surface area contributed by atoms with E-state index in [0.717, 1.165) is 53.9 Å². The van der Waals surface area contributed by atoms with Crippen molar-refractivity contribution in [1.29, 1.82) is 0 Å². The lowest BCUT2D eigenvalue weighted by molar-refractivity contribution is -0.117. The van der Waals surface area contributed by atoms with Crippen LogP contribution < -0.4 is 21.3 Å². The van der Waals surface area contributed by atoms with E-state index >= 15 is 0 Å². The van der Waals surface area contributed by atoms with Gasteiger partial charge in [0.2, 0.25) is 11.9 Å². The smallest absolute Gasteiger partial charge is 0.317 e. The average Bonchev–Trinajstić information content (AvgIpc) is 2.91. The number of urea groups is 1. The number of halogens is 1. The number of amides is 3. The maximum Gasteiger partial charge on any atom is 0.317 e. The number of nitrogens with zero attached hydrogens (tertiary/aromatic N) is 3. The first-order valence-corrected chi connectivity index (χ1v) is 13.5. The first-order chi connectivity index (χ1) is 18.5. The van der Waals surface area contributed by atoms with Crippen LogP contribution in [0.3, 0.4) is 0 Å². The van der Waals surface area contributed by atoms with Crippen LogP contribution in [0.15, 0.2) is 48.7 Å². The molecule has 3 amide bonds. The Morgan fingerprint density at radius 3 is 2.71 bits per heavy atom. The number of hydrogen-bond acceptors (Lipinski definition) is 6. The third-order valence-corrected chi connectivity index (χ3v) is 7.23. The molecule has 6 bridgehead atoms. The molecule has 1 fully saturated rings. The van der Waals surface area contributed by atoms with Crippen molar-refractivity contribution in [1.82, 2.24) is 20.2 Å². The number of benzene rings is 2. The Kier molecular flexibility index (Phi) is 7.93. The molecule has 2 aliphatic rings. The van der Waals surface area contributed by atoms with Crippen molar-refractivity contribution in [2.75, 3.05) is 35.6 Å². The van der Waals surface area contributed by atoms with Gasteiger partial charge < -0.3 is 26.2 Å². The summed E-state index contributed by atoms with van der Waals surface area (Å²) in [5, 5.41) is 12.9. The van der Waals surface area contributed by atoms with Crippen LogP contribution in [0.25, 0.3) is 0 Å². The Bertz CT molecular complexity index is 1320. The summed E-state index contributed by atoms with van der Waals surface area (Å²) in [5.41, 5.74) is 4.72. The summed E-state index contributed by atoms with van der Waals surface area (Å²) in [5.74, 6) is 1.21. The fourth-order valence-electron chi connectivity index (χ4n) is 4.93. The van der Waals surface area contributed by atoms with E-state index in [1.54, 1.807) is 6.20 Å². The van der Waals surface area contributed by atoms with E-state index in [2.05, 4.69) is 43.4 Å². The van der Waals surface area contributed by atoms with Crippen molar-refractivity contribution >= 4 is 52.4 Å². The topological polar surface area (TPSA) is 111 Å². The average molecular weight is 534 g/mol. The molecule has 0 atom stereocenters. The van der Waals surface area contributed by atoms with E-state index in [-0.39, 0.29) is 17.9 Å². The summed E-state index contributed by atoms with van der Waals surface area (Å²) in [6.45, 7) is 3.89. The summed E-state index contributed by atoms with van der Waals surface area (Å²) in [7, 11) is 0. The monoisotopic (exact) mass is 533 g/mol. The summed E-state index contributed by atoms with van der Waals surface area (Å²) in [6, 6.07) is 14.0. The molecule has 3 aromatic rings. The highest BCUT2D eigenvalue weighted by Gasteiger charge is 2.24. The van der Waals surface area contributed by atoms with Crippen LogP contribution in [0.1, 0.15) is 37.3 Å². The molecule has 4 N–H and O–H groups in total. The predicted octanol–water partition coefficient (Wildman–Crippen LogP) is 5.49. The van der Waals surface area contributed by atoms with Crippen LogP contribution in [0.4, 0.5) is 33.6 Å². The van der Waals surface area contributed by atoms with E-state index in [1.165, 1.54) is 0 Å². The lowest BCUT2D eigenvalue weighted by atomic mass is 9.93. The van der Waals surface area contributed by atoms with Crippen LogP contribution in [-0.4, -0.2) is 46.4 Å². The summed E-state index contributed by atoms with van der Waals surface area (Å²) in [6.07, 6.45) is 5.21. The number of piperidine rings is 1. The van der Waals surface area contributed by atoms with Crippen molar-refractivity contribution in [3.8, 4) is 0 Å². The number of fused-ring (bicyclic) bond motifs is 6. The maximum atomic E-state index is 13.0. The molecule has 1 aromatic heterocycles. The first-order valence-electron chi connectivity index (χ1n) is 13.1. The Hall–Kier alpha value is -3.85. The van der Waals surface area contributed by atoms with E-state index in [1.807, 2.05) is 42.2 Å². The fourth-order valence-corrected chi connectivity index (χ4v) is 5.07. The van der Waals surface area contributed by atoms with Crippen LogP contribution in [0.2, 0.25) is 5.02 Å². The minimum Gasteiger partial charge on any atom is -0.339 e. The second-order valence-corrected chi connectivity index (χ2v) is 10.1. The number of hydrogen-bond donors (Lipinski definition) is 4. The zero-order valence-electron chi connectivity index (χ0n) is 21.4. The van der Waals surface area contributed by atoms with Crippen molar-refractivity contribution in [3.63, 3.8) is 0 Å². The van der Waals surface area contributed by atoms with Crippen molar-refractivity contribution in [2.24, 2.45) is 5.92 Å². The van der Waals surface area contributed by atoms with Gasteiger partial charge in [-0.2, -0.15) is 4.98 Å². The summed E-state index contributed by atoms with van der Waals surface area (Å²) < 4.78 is 0. The molecule has 1 saturated heterocycles. The van der Waals surface area contributed by atoms with Crippen molar-refractivity contribution in [3.05, 3.63) is 64.8 Å². The van der Waals surface area contributed by atoms with Crippen LogP contribution in [0.5, 0.6) is 0 Å². The molecule has 0 unspecified atom stereocenters. The van der Waals surface area contributed by atoms with Crippen LogP contribution in [0, 0.1) is 5.92 Å². The van der Waals surface area contributed by atoms with Gasteiger partial charge in [-0.15, -0.1) is 0 Å². The third-order valence-electron chi connectivity index (χ3n) is 6.96. The third kappa shape index (κ3) is 6.34. The number of rotatable bonds is 4. The Morgan fingerprint density at radius 2 is 1.89 bits per heavy atom. The fraction of sp³-hybridized carbons (Fsp3) is 0.357. The van der Waals surface area contributed by atoms with Crippen molar-refractivity contribution < 1.29 is 9.59 Å². The molecular formula is C28H32ClN7O2. The Morgan fingerprint density at radius 1 is 1.08 bits per heavy atom. The van der Waals surface area contributed by atoms with Gasteiger partial charge in [0.1, 0.15) is 5.02 Å². The van der Waals surface area contributed by atoms with E-state index in [9.17, 15) is 9.59 Å². The number of carbonyl (C=O) groups is 2. The second kappa shape index (κ2) is 11.7. The van der Waals surface area contributed by atoms with Gasteiger partial charge in [-0.3, -0.25) is 4.79 Å². The number of likely N-dealkylation sites (tertiary alicyclic amines) is 1. The zero-order chi connectivity index (χ0) is 26.5. The molecule has 2 aromatic carbocycles. The van der Waals surface area contributed by atoms with Gasteiger partial charge in [0, 0.05) is 43.1 Å². The molecule has 3 heterocycles. The normalized spacial score (nSPS) is 15.2. The Balaban J connectivity index is 1.31. The van der Waals surface area contributed by atoms with Crippen molar-refractivity contribution in [2.45, 2.75) is 39.0 Å². The molecule has 2 aliphatic heterocycles. The largest absolute Gasteiger partial charge is 0.339 e. The van der Waals surface area contributed by atoms with Crippen LogP contribution >= 0.6 is 11.6 Å². The van der Waals surface area contributed by atoms with Gasteiger partial charge in [-0.05, 0) is 80.0 Å². The number of carbonyl (C=O) groups excluding carboxylic acids is 2. The Labute approximate surface area is 227 Å². The lowest BCUT2D eigenvalue weighted by Gasteiger charge is -2.31. The quantitative estimate of drug-likeness (QED) is 0.353. The first kappa shape index (κ1) is 25.8. The molecule has 198 valence electrons. The van der Waals surface area contributed by atoms with Gasteiger partial charge in [-0.1, -0.05) is 23.7 Å². The van der Waals surface area contributed by atoms with E-state index in [4.69, 9.17) is 11.6 Å². The molecule has 38 heavy (non-hydrogen) atoms. The molecule has 0 spiro atoms. The van der Waals surface area contributed by atoms with E-state index in [0.29, 0.717) is 42.8 Å². The molecule has 5 rings (SSSR count). The molecular weight excluding hydrogens is 502 g/mol. The highest BCUT2D eigenvalue weighted by Crippen LogP contribution is 2.30. The highest BCUT2D eigenvalue weighted by atomic mass is 35.5. The molecule has 0 aliphatic carbocycles. The van der Waals surface area contributed by atoms with Gasteiger partial charge in [0.25, 0.3) is 0 Å². The maximum absolute atomic E-state index is 13.0. The number of aryl methyl sites for hydroxylation is 2. The minimum absolute atomic E-state index is 0.00369. The highest BCUT2D eigenvalue weighted by molar-refractivity contribution is 6.32. The SMILES string of the molecule is CCNC(=O)N1CCC(CC(=O)Nc2ccc3cc2CCc2cccc(c2)Nc2ncc(Cl)c(n2)N3)CC1. The minimum atomic E-state index is -0.0232. The molecule has 9 nitrogen and oxygen atoms in total. The molecule has 10 heteroatoms. The summed E-state index contributed by atoms with van der Waals surface area (Å²) >= 11 is 6.37. The molecule has 0 radical (unpaired) electrons. The number of aromatic nitrogens is 2. The standard InChI is InChI=1S/C28H32ClN7O2/c1-2-30-28(38)36-12-10-19(11-13-36)15-25(37)34-24-9-8-22-16-20(24)7-6-18-4-3-5-21(14-18)33-27-31-17-23(29)26(32-22)35-27/h3-5,8-9,14,16-17,19H,2,6-7,10-13,15H2,1H3,(H,30,38)(H,34,37)(H2,31,32,33,35). The lowest BCUT2D eigenvalue weighted by Crippen LogP contribution is -2.44. The molecule has 0 saturated carbocycles. The second-order valence-electron chi connectivity index (χ2n) is 9.73. The number of nitrogens with one attached hydrogen (secondary N) is 4. The van der Waals surface area contributed by atoms with Crippen LogP contribution in [-0.2, 0) is 17.6 Å². The summed E-state index contributed by atoms with van der Waals surface area (Å²) in [4.78, 5) is 35.8. The van der Waals surface area contributed by atoms with Gasteiger partial charge in [-0.25, -0.2) is 9.78 Å². The number of anilines is 5. The van der Waals surface area contributed by atoms with Gasteiger partial charge in [0.05, 0.1) is 6.20 Å². The van der Waals surface area contributed by atoms with Gasteiger partial charge >= 0.3 is 6.03 Å². The zero-order valence-corrected chi connectivity index (χ0v) is 22.1. The predicted molar refractivity (Wildman–Crippen MR) is 151 cm³/mol. The van der Waals surface area contributed by atoms with Gasteiger partial charge in [0.15, 0.2) is 5.82 Å². The van der Waals surface area contributed by atoms with E-state index < -0.39 is 0 Å².